The molecule has 0 atom stereocenters. The van der Waals surface area contributed by atoms with Gasteiger partial charge in [0.1, 0.15) is 6.26 Å². The molecule has 0 radical (unpaired) electrons. The van der Waals surface area contributed by atoms with Crippen LogP contribution in [-0.2, 0) is 11.2 Å². The fraction of sp³-hybridized carbons (Fsp3) is 0.333. The lowest BCUT2D eigenvalue weighted by Gasteiger charge is -2.18. The van der Waals surface area contributed by atoms with Crippen LogP contribution >= 0.6 is 24.0 Å². The molecule has 7 heteroatoms. The van der Waals surface area contributed by atoms with Crippen molar-refractivity contribution in [2.75, 3.05) is 6.54 Å². The first-order chi connectivity index (χ1) is 9.83. The summed E-state index contributed by atoms with van der Waals surface area (Å²) in [7, 11) is 0. The van der Waals surface area contributed by atoms with E-state index in [2.05, 4.69) is 10.3 Å². The van der Waals surface area contributed by atoms with Crippen molar-refractivity contribution in [1.29, 1.82) is 0 Å². The average Bonchev–Trinajstić information content (AvgIpc) is 2.85. The van der Waals surface area contributed by atoms with Gasteiger partial charge in [0.05, 0.1) is 12.1 Å². The maximum Gasteiger partial charge on any atom is 0.226 e. The van der Waals surface area contributed by atoms with Crippen LogP contribution in [0.4, 0.5) is 0 Å². The quantitative estimate of drug-likeness (QED) is 0.874. The number of nitrogens with one attached hydrogen (secondary N) is 1. The van der Waals surface area contributed by atoms with E-state index in [1.807, 2.05) is 26.0 Å². The number of amides is 1. The fourth-order valence-electron chi connectivity index (χ4n) is 1.67. The number of rotatable bonds is 5. The molecule has 0 fully saturated rings. The lowest BCUT2D eigenvalue weighted by atomic mass is 10.1. The highest BCUT2D eigenvalue weighted by Crippen LogP contribution is 2.20. The maximum atomic E-state index is 11.8. The Hall–Kier alpha value is -1.56. The van der Waals surface area contributed by atoms with Gasteiger partial charge in [0.15, 0.2) is 0 Å². The van der Waals surface area contributed by atoms with Crippen molar-refractivity contribution in [3.63, 3.8) is 0 Å². The van der Waals surface area contributed by atoms with Gasteiger partial charge in [-0.3, -0.25) is 4.79 Å². The van der Waals surface area contributed by atoms with Crippen LogP contribution in [0.3, 0.4) is 0 Å². The Bertz CT molecular complexity index is 618. The van der Waals surface area contributed by atoms with Crippen LogP contribution in [0.25, 0.3) is 11.5 Å². The smallest absolute Gasteiger partial charge is 0.226 e. The van der Waals surface area contributed by atoms with Crippen molar-refractivity contribution in [2.24, 2.45) is 5.73 Å². The molecule has 22 heavy (non-hydrogen) atoms. The first kappa shape index (κ1) is 18.5. The second-order valence-electron chi connectivity index (χ2n) is 5.59. The van der Waals surface area contributed by atoms with Crippen molar-refractivity contribution in [3.05, 3.63) is 41.2 Å². The number of nitrogens with zero attached hydrogens (tertiary/aromatic N) is 1. The molecule has 5 nitrogen and oxygen atoms in total. The third kappa shape index (κ3) is 5.67. The topological polar surface area (TPSA) is 81.1 Å². The number of oxazole rings is 1. The minimum atomic E-state index is -0.437. The third-order valence-corrected chi connectivity index (χ3v) is 2.98. The van der Waals surface area contributed by atoms with Gasteiger partial charge in [-0.2, -0.15) is 0 Å². The molecule has 1 aromatic carbocycles. The molecule has 2 rings (SSSR count). The predicted molar refractivity (Wildman–Crippen MR) is 89.2 cm³/mol. The van der Waals surface area contributed by atoms with Crippen LogP contribution in [0.2, 0.25) is 5.02 Å². The highest BCUT2D eigenvalue weighted by Gasteiger charge is 2.14. The molecular weight excluding hydrogens is 325 g/mol. The van der Waals surface area contributed by atoms with Gasteiger partial charge >= 0.3 is 0 Å². The van der Waals surface area contributed by atoms with E-state index in [1.54, 1.807) is 12.1 Å². The number of nitrogens with two attached hydrogens (primary N) is 1. The Morgan fingerprint density at radius 2 is 2.00 bits per heavy atom. The normalized spacial score (nSPS) is 10.9. The number of hydrogen-bond acceptors (Lipinski definition) is 4. The van der Waals surface area contributed by atoms with E-state index in [1.165, 1.54) is 6.26 Å². The van der Waals surface area contributed by atoms with Gasteiger partial charge < -0.3 is 15.5 Å². The molecule has 120 valence electrons. The molecule has 0 saturated carbocycles. The number of halogens is 2. The SMILES string of the molecule is CC(C)(N)CNC(=O)Cc1coc(-c2ccc(Cl)cc2)n1.Cl. The molecule has 2 aromatic rings. The van der Waals surface area contributed by atoms with Crippen molar-refractivity contribution in [2.45, 2.75) is 25.8 Å². The molecule has 0 bridgehead atoms. The summed E-state index contributed by atoms with van der Waals surface area (Å²) in [4.78, 5) is 16.1. The van der Waals surface area contributed by atoms with E-state index in [-0.39, 0.29) is 24.7 Å². The molecule has 0 aliphatic rings. The van der Waals surface area contributed by atoms with Crippen LogP contribution in [-0.4, -0.2) is 23.0 Å². The van der Waals surface area contributed by atoms with Crippen LogP contribution in [0.1, 0.15) is 19.5 Å². The largest absolute Gasteiger partial charge is 0.444 e. The fourth-order valence-corrected chi connectivity index (χ4v) is 1.79. The Morgan fingerprint density at radius 3 is 2.59 bits per heavy atom. The van der Waals surface area contributed by atoms with Gasteiger partial charge in [-0.25, -0.2) is 4.98 Å². The lowest BCUT2D eigenvalue weighted by Crippen LogP contribution is -2.45. The number of carbonyl (C=O) groups excluding carboxylic acids is 1. The Balaban J connectivity index is 0.00000242. The van der Waals surface area contributed by atoms with Gasteiger partial charge in [0.2, 0.25) is 11.8 Å². The second kappa shape index (κ2) is 7.63. The van der Waals surface area contributed by atoms with Crippen LogP contribution in [0, 0.1) is 0 Å². The minimum Gasteiger partial charge on any atom is -0.444 e. The summed E-state index contributed by atoms with van der Waals surface area (Å²) in [5, 5.41) is 3.41. The van der Waals surface area contributed by atoms with E-state index in [4.69, 9.17) is 21.8 Å². The average molecular weight is 344 g/mol. The van der Waals surface area contributed by atoms with Crippen LogP contribution in [0.5, 0.6) is 0 Å². The molecular formula is C15H19Cl2N3O2. The zero-order valence-corrected chi connectivity index (χ0v) is 14.0. The molecule has 0 aliphatic heterocycles. The molecule has 0 saturated heterocycles. The van der Waals surface area contributed by atoms with Crippen LogP contribution < -0.4 is 11.1 Å². The summed E-state index contributed by atoms with van der Waals surface area (Å²) in [6.07, 6.45) is 1.64. The lowest BCUT2D eigenvalue weighted by molar-refractivity contribution is -0.120. The highest BCUT2D eigenvalue weighted by molar-refractivity contribution is 6.30. The monoisotopic (exact) mass is 343 g/mol. The van der Waals surface area contributed by atoms with Gasteiger partial charge in [-0.05, 0) is 38.1 Å². The van der Waals surface area contributed by atoms with Gasteiger partial charge in [0, 0.05) is 22.7 Å². The van der Waals surface area contributed by atoms with Crippen molar-refractivity contribution in [1.82, 2.24) is 10.3 Å². The van der Waals surface area contributed by atoms with E-state index in [0.717, 1.165) is 5.56 Å². The van der Waals surface area contributed by atoms with E-state index in [0.29, 0.717) is 23.2 Å². The summed E-state index contributed by atoms with van der Waals surface area (Å²) < 4.78 is 5.38. The Morgan fingerprint density at radius 1 is 1.36 bits per heavy atom. The highest BCUT2D eigenvalue weighted by atomic mass is 35.5. The van der Waals surface area contributed by atoms with E-state index < -0.39 is 5.54 Å². The van der Waals surface area contributed by atoms with Gasteiger partial charge in [-0.1, -0.05) is 11.6 Å². The number of hydrogen-bond donors (Lipinski definition) is 2. The van der Waals surface area contributed by atoms with Gasteiger partial charge in [0.25, 0.3) is 0 Å². The van der Waals surface area contributed by atoms with E-state index >= 15 is 0 Å². The van der Waals surface area contributed by atoms with Crippen molar-refractivity contribution >= 4 is 29.9 Å². The first-order valence-corrected chi connectivity index (χ1v) is 6.97. The standard InChI is InChI=1S/C15H18ClN3O2.ClH/c1-15(2,17)9-18-13(20)7-12-8-21-14(19-12)10-3-5-11(16)6-4-10;/h3-6,8H,7,9,17H2,1-2H3,(H,18,20);1H. The Kier molecular flexibility index (Phi) is 6.41. The summed E-state index contributed by atoms with van der Waals surface area (Å²) in [6.45, 7) is 4.11. The van der Waals surface area contributed by atoms with Crippen LogP contribution in [0.15, 0.2) is 34.9 Å². The summed E-state index contributed by atoms with van der Waals surface area (Å²) in [5.74, 6) is 0.332. The molecule has 3 N–H and O–H groups in total. The molecule has 0 unspecified atom stereocenters. The predicted octanol–water partition coefficient (Wildman–Crippen LogP) is 2.81. The van der Waals surface area contributed by atoms with Gasteiger partial charge in [-0.15, -0.1) is 12.4 Å². The minimum absolute atomic E-state index is 0. The van der Waals surface area contributed by atoms with E-state index in [9.17, 15) is 4.79 Å². The second-order valence-corrected chi connectivity index (χ2v) is 6.03. The number of benzene rings is 1. The third-order valence-electron chi connectivity index (χ3n) is 2.73. The molecule has 0 aliphatic carbocycles. The van der Waals surface area contributed by atoms with Crippen molar-refractivity contribution in [3.8, 4) is 11.5 Å². The van der Waals surface area contributed by atoms with Crippen molar-refractivity contribution < 1.29 is 9.21 Å². The summed E-state index contributed by atoms with van der Waals surface area (Å²) >= 11 is 5.83. The first-order valence-electron chi connectivity index (χ1n) is 6.59. The zero-order valence-electron chi connectivity index (χ0n) is 12.4. The molecule has 0 spiro atoms. The number of aromatic nitrogens is 1. The number of carbonyl (C=O) groups is 1. The Labute approximate surface area is 140 Å². The molecule has 1 amide bonds. The zero-order chi connectivity index (χ0) is 15.5. The summed E-state index contributed by atoms with van der Waals surface area (Å²) in [6, 6.07) is 7.15. The maximum absolute atomic E-state index is 11.8. The summed E-state index contributed by atoms with van der Waals surface area (Å²) in [5.41, 5.74) is 6.76. The molecule has 1 heterocycles. The molecule has 1 aromatic heterocycles.